The first-order valence-corrected chi connectivity index (χ1v) is 22.6. The number of esters is 3. The van der Waals surface area contributed by atoms with E-state index < -0.39 is 24.2 Å². The fraction of sp³-hybridized carbons (Fsp3) is 0.911. The number of hydrogen-bond donors (Lipinski definition) is 2. The molecule has 0 amide bonds. The fourth-order valence-electron chi connectivity index (χ4n) is 7.01. The van der Waals surface area contributed by atoms with Gasteiger partial charge in [-0.1, -0.05) is 174 Å². The molecule has 0 aromatic rings. The minimum Gasteiger partial charge on any atom is -0.468 e. The zero-order valence-electron chi connectivity index (χ0n) is 35.6. The third kappa shape index (κ3) is 36.0. The highest BCUT2D eigenvalue weighted by molar-refractivity contribution is 5.75. The molecule has 0 saturated carbocycles. The second-order valence-corrected chi connectivity index (χ2v) is 15.8. The van der Waals surface area contributed by atoms with Crippen LogP contribution in [-0.4, -0.2) is 79.5 Å². The van der Waals surface area contributed by atoms with Crippen LogP contribution >= 0.6 is 0 Å². The molecule has 3 unspecified atom stereocenters. The van der Waals surface area contributed by atoms with E-state index in [1.165, 1.54) is 136 Å². The van der Waals surface area contributed by atoms with Crippen LogP contribution in [0.2, 0.25) is 0 Å². The van der Waals surface area contributed by atoms with Crippen LogP contribution in [0.25, 0.3) is 0 Å². The Morgan fingerprint density at radius 3 is 1.41 bits per heavy atom. The molecule has 0 aromatic carbocycles. The van der Waals surface area contributed by atoms with Gasteiger partial charge in [0.2, 0.25) is 0 Å². The topological polar surface area (TPSA) is 128 Å². The number of ether oxygens (including phenoxy) is 3. The van der Waals surface area contributed by atoms with E-state index in [0.717, 1.165) is 44.9 Å². The maximum atomic E-state index is 12.9. The van der Waals surface area contributed by atoms with E-state index in [4.69, 9.17) is 19.9 Å². The molecule has 9 nitrogen and oxygen atoms in total. The van der Waals surface area contributed by atoms with E-state index in [1.807, 2.05) is 4.90 Å². The Labute approximate surface area is 333 Å². The highest BCUT2D eigenvalue weighted by Crippen LogP contribution is 2.16. The Balaban J connectivity index is 4.67. The summed E-state index contributed by atoms with van der Waals surface area (Å²) < 4.78 is 16.3. The number of carbonyl (C=O) groups excluding carboxylic acids is 3. The number of unbranched alkanes of at least 4 members (excludes halogenated alkanes) is 25. The second-order valence-electron chi connectivity index (χ2n) is 15.8. The van der Waals surface area contributed by atoms with Crippen molar-refractivity contribution in [3.8, 4) is 0 Å². The summed E-state index contributed by atoms with van der Waals surface area (Å²) in [7, 11) is 1.33. The summed E-state index contributed by atoms with van der Waals surface area (Å²) in [6.07, 6.45) is 33.4. The molecule has 3 N–H and O–H groups in total. The van der Waals surface area contributed by atoms with Crippen molar-refractivity contribution in [3.63, 3.8) is 0 Å². The van der Waals surface area contributed by atoms with Gasteiger partial charge in [0.15, 0.2) is 0 Å². The van der Waals surface area contributed by atoms with Crippen molar-refractivity contribution in [2.75, 3.05) is 33.4 Å². The summed E-state index contributed by atoms with van der Waals surface area (Å²) in [6.45, 7) is 9.41. The minimum atomic E-state index is -0.831. The molecule has 0 fully saturated rings. The van der Waals surface area contributed by atoms with Crippen LogP contribution in [0, 0.1) is 6.92 Å². The number of aliphatic hydroxyl groups excluding tert-OH is 1. The number of carbonyl (C=O) groups is 3. The average molecular weight is 768 g/mol. The standard InChI is InChI=1S/C45H87N2O7/c1-5-7-9-11-13-15-17-19-21-23-25-27-29-34-43(49)53-39-41(38-47(37-40(3)48)36-32-31-33-42(46)45(51)52-4)54-44(50)35-30-28-26-24-22-20-18-16-14-12-10-8-6-2/h40-42,48H,3,5-39,46H2,1-2,4H3. The van der Waals surface area contributed by atoms with Crippen LogP contribution in [0.5, 0.6) is 0 Å². The minimum absolute atomic E-state index is 0.0153. The van der Waals surface area contributed by atoms with Crippen molar-refractivity contribution in [2.24, 2.45) is 5.73 Å². The number of nitrogens with zero attached hydrogens (tertiary/aromatic N) is 1. The number of methoxy groups -OCH3 is 1. The third-order valence-electron chi connectivity index (χ3n) is 10.4. The zero-order chi connectivity index (χ0) is 39.9. The van der Waals surface area contributed by atoms with Crippen LogP contribution in [0.4, 0.5) is 0 Å². The van der Waals surface area contributed by atoms with Gasteiger partial charge in [-0.2, -0.15) is 0 Å². The van der Waals surface area contributed by atoms with Gasteiger partial charge in [0, 0.05) is 25.9 Å². The van der Waals surface area contributed by atoms with Crippen molar-refractivity contribution < 1.29 is 33.7 Å². The summed E-state index contributed by atoms with van der Waals surface area (Å²) >= 11 is 0. The Morgan fingerprint density at radius 2 is 1.00 bits per heavy atom. The van der Waals surface area contributed by atoms with Crippen molar-refractivity contribution in [1.29, 1.82) is 0 Å². The number of rotatable bonds is 41. The lowest BCUT2D eigenvalue weighted by Gasteiger charge is -2.28. The van der Waals surface area contributed by atoms with Gasteiger partial charge in [-0.05, 0) is 39.2 Å². The molecule has 0 heterocycles. The number of hydrogen-bond acceptors (Lipinski definition) is 9. The monoisotopic (exact) mass is 768 g/mol. The molecule has 9 heteroatoms. The van der Waals surface area contributed by atoms with Crippen LogP contribution in [0.1, 0.15) is 213 Å². The van der Waals surface area contributed by atoms with E-state index in [0.29, 0.717) is 38.8 Å². The van der Waals surface area contributed by atoms with Crippen molar-refractivity contribution in [1.82, 2.24) is 4.90 Å². The molecule has 0 aliphatic carbocycles. The van der Waals surface area contributed by atoms with Gasteiger partial charge in [-0.15, -0.1) is 0 Å². The molecule has 0 bridgehead atoms. The van der Waals surface area contributed by atoms with Crippen LogP contribution in [-0.2, 0) is 28.6 Å². The lowest BCUT2D eigenvalue weighted by molar-refractivity contribution is -0.160. The SMILES string of the molecule is [CH2]C(O)CN(CCCCC(N)C(=O)OC)CC(COC(=O)CCCCCCCCCCCCCCC)OC(=O)CCCCCCCCCCCCCCC. The van der Waals surface area contributed by atoms with Gasteiger partial charge >= 0.3 is 17.9 Å². The highest BCUT2D eigenvalue weighted by Gasteiger charge is 2.22. The number of aliphatic hydroxyl groups is 1. The highest BCUT2D eigenvalue weighted by atomic mass is 16.6. The van der Waals surface area contributed by atoms with E-state index in [9.17, 15) is 19.5 Å². The quantitative estimate of drug-likeness (QED) is 0.0355. The van der Waals surface area contributed by atoms with Gasteiger partial charge in [0.05, 0.1) is 13.2 Å². The summed E-state index contributed by atoms with van der Waals surface area (Å²) in [5.41, 5.74) is 5.89. The molecule has 0 aliphatic rings. The molecule has 3 atom stereocenters. The zero-order valence-corrected chi connectivity index (χ0v) is 35.6. The Kier molecular flexibility index (Phi) is 38.3. The first kappa shape index (κ1) is 52.3. The molecular weight excluding hydrogens is 681 g/mol. The van der Waals surface area contributed by atoms with Gasteiger partial charge < -0.3 is 25.1 Å². The smallest absolute Gasteiger partial charge is 0.322 e. The van der Waals surface area contributed by atoms with E-state index >= 15 is 0 Å². The van der Waals surface area contributed by atoms with Gasteiger partial charge in [-0.25, -0.2) is 0 Å². The summed E-state index contributed by atoms with van der Waals surface area (Å²) in [5.74, 6) is -0.984. The first-order valence-electron chi connectivity index (χ1n) is 22.6. The molecule has 1 radical (unpaired) electrons. The Bertz CT molecular complexity index is 856. The predicted octanol–water partition coefficient (Wildman–Crippen LogP) is 10.6. The molecule has 0 aromatic heterocycles. The molecule has 0 saturated heterocycles. The Morgan fingerprint density at radius 1 is 0.593 bits per heavy atom. The van der Waals surface area contributed by atoms with E-state index in [-0.39, 0.29) is 25.1 Å². The molecule has 0 rings (SSSR count). The molecular formula is C45H87N2O7. The Hall–Kier alpha value is -1.71. The lowest BCUT2D eigenvalue weighted by Crippen LogP contribution is -2.42. The number of nitrogens with two attached hydrogens (primary N) is 1. The van der Waals surface area contributed by atoms with Crippen molar-refractivity contribution >= 4 is 17.9 Å². The van der Waals surface area contributed by atoms with E-state index in [2.05, 4.69) is 20.8 Å². The third-order valence-corrected chi connectivity index (χ3v) is 10.4. The normalized spacial score (nSPS) is 13.2. The maximum absolute atomic E-state index is 12.9. The van der Waals surface area contributed by atoms with Gasteiger partial charge in [0.25, 0.3) is 0 Å². The largest absolute Gasteiger partial charge is 0.468 e. The average Bonchev–Trinajstić information content (AvgIpc) is 3.15. The second kappa shape index (κ2) is 39.5. The summed E-state index contributed by atoms with van der Waals surface area (Å²) in [6, 6.07) is -0.671. The first-order chi connectivity index (χ1) is 26.2. The van der Waals surface area contributed by atoms with E-state index in [1.54, 1.807) is 0 Å². The van der Waals surface area contributed by atoms with Crippen LogP contribution in [0.15, 0.2) is 0 Å². The summed E-state index contributed by atoms with van der Waals surface area (Å²) in [4.78, 5) is 39.3. The summed E-state index contributed by atoms with van der Waals surface area (Å²) in [5, 5.41) is 10.1. The predicted molar refractivity (Wildman–Crippen MR) is 223 cm³/mol. The molecule has 54 heavy (non-hydrogen) atoms. The van der Waals surface area contributed by atoms with Gasteiger partial charge in [-0.3, -0.25) is 19.3 Å². The van der Waals surface area contributed by atoms with Crippen LogP contribution in [0.3, 0.4) is 0 Å². The molecule has 0 aliphatic heterocycles. The van der Waals surface area contributed by atoms with Crippen molar-refractivity contribution in [3.05, 3.63) is 6.92 Å². The lowest BCUT2D eigenvalue weighted by atomic mass is 10.0. The molecule has 319 valence electrons. The fourth-order valence-corrected chi connectivity index (χ4v) is 7.01. The van der Waals surface area contributed by atoms with Crippen LogP contribution < -0.4 is 5.73 Å². The van der Waals surface area contributed by atoms with Gasteiger partial charge in [0.1, 0.15) is 18.8 Å². The molecule has 0 spiro atoms. The van der Waals surface area contributed by atoms with Crippen molar-refractivity contribution in [2.45, 2.75) is 231 Å². The maximum Gasteiger partial charge on any atom is 0.322 e.